The first-order valence-electron chi connectivity index (χ1n) is 19.3. The largest absolute Gasteiger partial charge is 0.393 e. The van der Waals surface area contributed by atoms with Crippen molar-refractivity contribution >= 4 is 0 Å². The maximum absolute atomic E-state index is 9.74. The minimum atomic E-state index is -0.723. The van der Waals surface area contributed by atoms with Crippen LogP contribution in [0.15, 0.2) is 0 Å². The van der Waals surface area contributed by atoms with Crippen LogP contribution in [0.2, 0.25) is 0 Å². The summed E-state index contributed by atoms with van der Waals surface area (Å²) in [6.45, 7) is 22.9. The van der Waals surface area contributed by atoms with Gasteiger partial charge in [-0.1, -0.05) is 53.4 Å². The van der Waals surface area contributed by atoms with Crippen LogP contribution in [0, 0.1) is 47.3 Å². The number of aliphatic hydroxyl groups excluding tert-OH is 4. The van der Waals surface area contributed by atoms with Crippen molar-refractivity contribution in [1.29, 1.82) is 0 Å². The zero-order chi connectivity index (χ0) is 37.4. The van der Waals surface area contributed by atoms with Crippen molar-refractivity contribution in [3.8, 4) is 0 Å². The molecule has 0 bridgehead atoms. The summed E-state index contributed by atoms with van der Waals surface area (Å²) in [7, 11) is 0. The Bertz CT molecular complexity index is 738. The molecule has 1 unspecified atom stereocenters. The third kappa shape index (κ3) is 15.9. The maximum atomic E-state index is 9.74. The number of hydrogen-bond donors (Lipinski definition) is 8. The molecule has 0 spiro atoms. The molecule has 8 nitrogen and oxygen atoms in total. The van der Waals surface area contributed by atoms with E-state index >= 15 is 0 Å². The van der Waals surface area contributed by atoms with Crippen LogP contribution in [0.25, 0.3) is 0 Å². The van der Waals surface area contributed by atoms with Crippen molar-refractivity contribution in [1.82, 2.24) is 0 Å². The minimum absolute atomic E-state index is 0.0636. The summed E-state index contributed by atoms with van der Waals surface area (Å²) in [5.41, 5.74) is -2.89. The molecule has 0 aromatic heterocycles. The van der Waals surface area contributed by atoms with Crippen LogP contribution in [-0.2, 0) is 0 Å². The number of rotatable bonds is 4. The van der Waals surface area contributed by atoms with Crippen LogP contribution in [-0.4, -0.2) is 87.7 Å². The average Bonchev–Trinajstić information content (AvgIpc) is 2.86. The maximum Gasteiger partial charge on any atom is 0.0644 e. The van der Waals surface area contributed by atoms with Crippen LogP contribution >= 0.6 is 0 Å². The molecule has 0 amide bonds. The molecule has 0 aromatic rings. The summed E-state index contributed by atoms with van der Waals surface area (Å²) >= 11 is 0. The van der Waals surface area contributed by atoms with E-state index in [0.29, 0.717) is 23.7 Å². The van der Waals surface area contributed by atoms with Crippen LogP contribution in [0.3, 0.4) is 0 Å². The smallest absolute Gasteiger partial charge is 0.0644 e. The van der Waals surface area contributed by atoms with Gasteiger partial charge in [-0.15, -0.1) is 0 Å². The Morgan fingerprint density at radius 3 is 0.562 bits per heavy atom. The van der Waals surface area contributed by atoms with E-state index in [4.69, 9.17) is 0 Å². The molecule has 0 radical (unpaired) electrons. The Kier molecular flexibility index (Phi) is 18.0. The van der Waals surface area contributed by atoms with Crippen molar-refractivity contribution in [2.24, 2.45) is 47.3 Å². The Morgan fingerprint density at radius 2 is 0.458 bits per heavy atom. The summed E-state index contributed by atoms with van der Waals surface area (Å²) in [5, 5.41) is 77.8. The summed E-state index contributed by atoms with van der Waals surface area (Å²) < 4.78 is 0. The minimum Gasteiger partial charge on any atom is -0.393 e. The standard InChI is InChI=1S/4C10H20O2/c4*1-7-4-5-8(9(11)6-7)10(2,3)12/h4*7-9,11-12H,4-6H2,1-3H3/t7-,8?,9+;7-,8-,9+;2*7-,8-,9-/m1010/s1. The van der Waals surface area contributed by atoms with Gasteiger partial charge in [0.15, 0.2) is 0 Å². The van der Waals surface area contributed by atoms with E-state index in [0.717, 1.165) is 77.0 Å². The number of aliphatic hydroxyl groups is 8. The zero-order valence-electron chi connectivity index (χ0n) is 33.0. The van der Waals surface area contributed by atoms with E-state index < -0.39 is 22.4 Å². The molecular weight excluding hydrogens is 608 g/mol. The van der Waals surface area contributed by atoms with Crippen molar-refractivity contribution in [2.75, 3.05) is 0 Å². The molecule has 48 heavy (non-hydrogen) atoms. The highest BCUT2D eigenvalue weighted by Crippen LogP contribution is 2.38. The molecule has 4 aliphatic carbocycles. The lowest BCUT2D eigenvalue weighted by molar-refractivity contribution is -0.0737. The molecule has 4 aliphatic rings. The van der Waals surface area contributed by atoms with Crippen LogP contribution in [0.4, 0.5) is 0 Å². The molecule has 0 saturated heterocycles. The average molecular weight is 689 g/mol. The lowest BCUT2D eigenvalue weighted by Gasteiger charge is -2.38. The third-order valence-electron chi connectivity index (χ3n) is 11.9. The normalized spacial score (nSPS) is 38.2. The van der Waals surface area contributed by atoms with Gasteiger partial charge in [0.25, 0.3) is 0 Å². The molecule has 4 rings (SSSR count). The lowest BCUT2D eigenvalue weighted by atomic mass is 9.73. The predicted molar refractivity (Wildman–Crippen MR) is 195 cm³/mol. The molecular formula is C40H80O8. The van der Waals surface area contributed by atoms with Gasteiger partial charge in [0.05, 0.1) is 46.8 Å². The second-order valence-corrected chi connectivity index (χ2v) is 19.0. The van der Waals surface area contributed by atoms with Gasteiger partial charge >= 0.3 is 0 Å². The van der Waals surface area contributed by atoms with E-state index in [1.165, 1.54) is 0 Å². The van der Waals surface area contributed by atoms with Crippen molar-refractivity contribution in [2.45, 2.75) is 207 Å². The fraction of sp³-hybridized carbons (Fsp3) is 1.00. The van der Waals surface area contributed by atoms with E-state index in [2.05, 4.69) is 27.7 Å². The second kappa shape index (κ2) is 19.0. The van der Waals surface area contributed by atoms with Gasteiger partial charge in [0.2, 0.25) is 0 Å². The molecule has 12 atom stereocenters. The Hall–Kier alpha value is -0.320. The predicted octanol–water partition coefficient (Wildman–Crippen LogP) is 6.22. The molecule has 0 heterocycles. The lowest BCUT2D eigenvalue weighted by Crippen LogP contribution is -2.42. The van der Waals surface area contributed by atoms with Crippen molar-refractivity contribution in [3.05, 3.63) is 0 Å². The molecule has 0 aromatic carbocycles. The fourth-order valence-corrected chi connectivity index (χ4v) is 8.70. The Morgan fingerprint density at radius 1 is 0.312 bits per heavy atom. The van der Waals surface area contributed by atoms with Crippen LogP contribution < -0.4 is 0 Å². The third-order valence-corrected chi connectivity index (χ3v) is 11.9. The van der Waals surface area contributed by atoms with Crippen molar-refractivity contribution in [3.63, 3.8) is 0 Å². The van der Waals surface area contributed by atoms with Gasteiger partial charge < -0.3 is 40.9 Å². The van der Waals surface area contributed by atoms with E-state index in [1.54, 1.807) is 55.4 Å². The highest BCUT2D eigenvalue weighted by Gasteiger charge is 2.39. The number of hydrogen-bond acceptors (Lipinski definition) is 8. The SMILES string of the molecule is C[C@@H]1CCC(C(C)(C)O)[C@@H](O)C1.C[C@@H]1CC[C@@H](C(C)(C)O)[C@H](O)C1.C[C@H]1CC[C@H](C(C)(C)O)[C@@H](O)C1.C[C@H]1CC[C@H](C(C)(C)O)[C@H](O)C1. The molecule has 8 N–H and O–H groups in total. The second-order valence-electron chi connectivity index (χ2n) is 19.0. The highest BCUT2D eigenvalue weighted by molar-refractivity contribution is 4.90. The Balaban J connectivity index is 0.000000320. The quantitative estimate of drug-likeness (QED) is 0.173. The van der Waals surface area contributed by atoms with Gasteiger partial charge in [-0.2, -0.15) is 0 Å². The van der Waals surface area contributed by atoms with Crippen LogP contribution in [0.5, 0.6) is 0 Å². The Labute approximate surface area is 294 Å². The van der Waals surface area contributed by atoms with Crippen LogP contribution in [0.1, 0.15) is 160 Å². The van der Waals surface area contributed by atoms with Gasteiger partial charge in [-0.3, -0.25) is 0 Å². The molecule has 288 valence electrons. The molecule has 4 fully saturated rings. The monoisotopic (exact) mass is 689 g/mol. The summed E-state index contributed by atoms with van der Waals surface area (Å²) in [6, 6.07) is 0. The van der Waals surface area contributed by atoms with Gasteiger partial charge in [0, 0.05) is 23.7 Å². The molecule has 0 aliphatic heterocycles. The summed E-state index contributed by atoms with van der Waals surface area (Å²) in [5.74, 6) is 2.69. The first-order chi connectivity index (χ1) is 21.6. The topological polar surface area (TPSA) is 162 Å². The fourth-order valence-electron chi connectivity index (χ4n) is 8.70. The van der Waals surface area contributed by atoms with E-state index in [1.807, 2.05) is 0 Å². The summed E-state index contributed by atoms with van der Waals surface area (Å²) in [4.78, 5) is 0. The van der Waals surface area contributed by atoms with Gasteiger partial charge in [-0.25, -0.2) is 0 Å². The van der Waals surface area contributed by atoms with E-state index in [9.17, 15) is 40.9 Å². The first kappa shape index (κ1) is 45.7. The zero-order valence-corrected chi connectivity index (χ0v) is 33.0. The molecule has 4 saturated carbocycles. The first-order valence-corrected chi connectivity index (χ1v) is 19.3. The highest BCUT2D eigenvalue weighted by atomic mass is 16.3. The van der Waals surface area contributed by atoms with Crippen molar-refractivity contribution < 1.29 is 40.9 Å². The van der Waals surface area contributed by atoms with Gasteiger partial charge in [0.1, 0.15) is 0 Å². The van der Waals surface area contributed by atoms with E-state index in [-0.39, 0.29) is 48.1 Å². The summed E-state index contributed by atoms with van der Waals surface area (Å²) in [6.07, 6.45) is 10.4. The molecule has 8 heteroatoms. The van der Waals surface area contributed by atoms with Gasteiger partial charge in [-0.05, 0) is 130 Å².